The fourth-order valence-electron chi connectivity index (χ4n) is 2.32. The molecule has 0 unspecified atom stereocenters. The van der Waals surface area contributed by atoms with Crippen LogP contribution >= 0.6 is 0 Å². The Balaban J connectivity index is 1.88. The first-order valence-electron chi connectivity index (χ1n) is 8.42. The van der Waals surface area contributed by atoms with Gasteiger partial charge in [-0.1, -0.05) is 42.5 Å². The van der Waals surface area contributed by atoms with Gasteiger partial charge in [-0.25, -0.2) is 12.8 Å². The molecule has 7 nitrogen and oxygen atoms in total. The molecule has 2 rings (SSSR count). The van der Waals surface area contributed by atoms with Crippen LogP contribution in [-0.4, -0.2) is 44.9 Å². The van der Waals surface area contributed by atoms with Crippen LogP contribution in [0.15, 0.2) is 59.5 Å². The van der Waals surface area contributed by atoms with Crippen molar-refractivity contribution < 1.29 is 27.1 Å². The molecule has 28 heavy (non-hydrogen) atoms. The van der Waals surface area contributed by atoms with Crippen molar-refractivity contribution in [2.24, 2.45) is 0 Å². The van der Waals surface area contributed by atoms with Crippen LogP contribution in [0, 0.1) is 5.82 Å². The Hall–Kier alpha value is -2.78. The minimum Gasteiger partial charge on any atom is -0.454 e. The Morgan fingerprint density at radius 2 is 1.71 bits per heavy atom. The summed E-state index contributed by atoms with van der Waals surface area (Å²) in [5, 5.41) is 0. The molecule has 0 bridgehead atoms. The van der Waals surface area contributed by atoms with Crippen molar-refractivity contribution in [3.05, 3.63) is 66.0 Å². The molecule has 9 heteroatoms. The lowest BCUT2D eigenvalue weighted by Gasteiger charge is -2.18. The monoisotopic (exact) mass is 408 g/mol. The van der Waals surface area contributed by atoms with Crippen LogP contribution in [-0.2, 0) is 30.9 Å². The first-order valence-corrected chi connectivity index (χ1v) is 9.90. The normalized spacial score (nSPS) is 12.2. The van der Waals surface area contributed by atoms with Crippen LogP contribution in [0.5, 0.6) is 0 Å². The molecule has 0 aliphatic carbocycles. The molecule has 0 spiro atoms. The highest BCUT2D eigenvalue weighted by molar-refractivity contribution is 7.89. The minimum absolute atomic E-state index is 0.340. The molecular weight excluding hydrogens is 387 g/mol. The van der Waals surface area contributed by atoms with E-state index >= 15 is 0 Å². The van der Waals surface area contributed by atoms with Gasteiger partial charge in [-0.15, -0.1) is 0 Å². The number of nitrogens with one attached hydrogen (secondary N) is 1. The van der Waals surface area contributed by atoms with Gasteiger partial charge in [-0.2, -0.15) is 4.72 Å². The van der Waals surface area contributed by atoms with Gasteiger partial charge in [0.2, 0.25) is 10.0 Å². The number of rotatable bonds is 8. The van der Waals surface area contributed by atoms with Gasteiger partial charge < -0.3 is 9.64 Å². The number of likely N-dealkylation sites (N-methyl/N-ethyl adjacent to an activating group) is 1. The zero-order chi connectivity index (χ0) is 20.7. The van der Waals surface area contributed by atoms with E-state index in [1.165, 1.54) is 24.0 Å². The Kier molecular flexibility index (Phi) is 7.24. The molecule has 0 heterocycles. The van der Waals surface area contributed by atoms with E-state index < -0.39 is 45.3 Å². The summed E-state index contributed by atoms with van der Waals surface area (Å²) in [5.74, 6) is -2.32. The molecule has 0 aliphatic heterocycles. The van der Waals surface area contributed by atoms with Gasteiger partial charge in [0.15, 0.2) is 6.61 Å². The van der Waals surface area contributed by atoms with Gasteiger partial charge in [0.25, 0.3) is 5.91 Å². The average Bonchev–Trinajstić information content (AvgIpc) is 2.66. The van der Waals surface area contributed by atoms with Crippen LogP contribution in [0.25, 0.3) is 0 Å². The number of amides is 1. The quantitative estimate of drug-likeness (QED) is 0.671. The lowest BCUT2D eigenvalue weighted by atomic mass is 10.2. The van der Waals surface area contributed by atoms with Crippen molar-refractivity contribution in [3.63, 3.8) is 0 Å². The molecule has 0 aromatic heterocycles. The predicted molar refractivity (Wildman–Crippen MR) is 100 cm³/mol. The van der Waals surface area contributed by atoms with Gasteiger partial charge in [0, 0.05) is 13.6 Å². The van der Waals surface area contributed by atoms with E-state index in [0.29, 0.717) is 6.54 Å². The van der Waals surface area contributed by atoms with E-state index in [4.69, 9.17) is 4.74 Å². The van der Waals surface area contributed by atoms with Crippen molar-refractivity contribution in [2.75, 3.05) is 13.7 Å². The van der Waals surface area contributed by atoms with Crippen molar-refractivity contribution >= 4 is 21.9 Å². The third-order valence-electron chi connectivity index (χ3n) is 3.84. The van der Waals surface area contributed by atoms with E-state index in [2.05, 4.69) is 0 Å². The molecule has 0 saturated carbocycles. The number of hydrogen-bond donors (Lipinski definition) is 1. The van der Waals surface area contributed by atoms with Crippen molar-refractivity contribution in [3.8, 4) is 0 Å². The number of sulfonamides is 1. The number of benzene rings is 2. The van der Waals surface area contributed by atoms with Gasteiger partial charge in [0.1, 0.15) is 16.8 Å². The Bertz CT molecular complexity index is 934. The van der Waals surface area contributed by atoms with Crippen LogP contribution in [0.2, 0.25) is 0 Å². The van der Waals surface area contributed by atoms with E-state index in [0.717, 1.165) is 17.7 Å². The molecule has 1 N–H and O–H groups in total. The molecular formula is C19H21FN2O5S. The number of ether oxygens (including phenoxy) is 1. The maximum absolute atomic E-state index is 13.7. The maximum Gasteiger partial charge on any atom is 0.324 e. The molecule has 0 aliphatic rings. The van der Waals surface area contributed by atoms with E-state index in [9.17, 15) is 22.4 Å². The summed E-state index contributed by atoms with van der Waals surface area (Å²) in [7, 11) is -2.69. The fourth-order valence-corrected chi connectivity index (χ4v) is 3.59. The predicted octanol–water partition coefficient (Wildman–Crippen LogP) is 1.69. The number of carbonyl (C=O) groups is 2. The van der Waals surface area contributed by atoms with E-state index in [-0.39, 0.29) is 0 Å². The van der Waals surface area contributed by atoms with Gasteiger partial charge in [-0.3, -0.25) is 9.59 Å². The molecule has 0 fully saturated rings. The molecule has 150 valence electrons. The third kappa shape index (κ3) is 5.86. The fraction of sp³-hybridized carbons (Fsp3) is 0.263. The first kappa shape index (κ1) is 21.5. The molecule has 1 atom stereocenters. The van der Waals surface area contributed by atoms with Crippen molar-refractivity contribution in [2.45, 2.75) is 24.4 Å². The molecule has 2 aromatic carbocycles. The maximum atomic E-state index is 13.7. The molecule has 0 radical (unpaired) electrons. The summed E-state index contributed by atoms with van der Waals surface area (Å²) >= 11 is 0. The van der Waals surface area contributed by atoms with Crippen LogP contribution < -0.4 is 4.72 Å². The number of nitrogens with zero attached hydrogens (tertiary/aromatic N) is 1. The smallest absolute Gasteiger partial charge is 0.324 e. The highest BCUT2D eigenvalue weighted by Gasteiger charge is 2.26. The van der Waals surface area contributed by atoms with Crippen molar-refractivity contribution in [1.82, 2.24) is 9.62 Å². The summed E-state index contributed by atoms with van der Waals surface area (Å²) in [4.78, 5) is 24.9. The molecule has 1 amide bonds. The zero-order valence-corrected chi connectivity index (χ0v) is 16.3. The minimum atomic E-state index is -4.25. The Morgan fingerprint density at radius 3 is 2.36 bits per heavy atom. The van der Waals surface area contributed by atoms with Crippen LogP contribution in [0.1, 0.15) is 12.5 Å². The van der Waals surface area contributed by atoms with Crippen molar-refractivity contribution in [1.29, 1.82) is 0 Å². The number of esters is 1. The number of hydrogen-bond acceptors (Lipinski definition) is 5. The number of carbonyl (C=O) groups excluding carboxylic acids is 2. The highest BCUT2D eigenvalue weighted by Crippen LogP contribution is 2.13. The lowest BCUT2D eigenvalue weighted by Crippen LogP contribution is -2.41. The van der Waals surface area contributed by atoms with E-state index in [1.54, 1.807) is 7.05 Å². The van der Waals surface area contributed by atoms with Gasteiger partial charge >= 0.3 is 5.97 Å². The third-order valence-corrected chi connectivity index (χ3v) is 5.41. The van der Waals surface area contributed by atoms with Gasteiger partial charge in [0.05, 0.1) is 0 Å². The SMILES string of the molecule is C[C@H](NS(=O)(=O)c1ccccc1F)C(=O)OCC(=O)N(C)Cc1ccccc1. The Labute approximate surface area is 163 Å². The summed E-state index contributed by atoms with van der Waals surface area (Å²) < 4.78 is 45.0. The first-order chi connectivity index (χ1) is 13.2. The van der Waals surface area contributed by atoms with Crippen LogP contribution in [0.4, 0.5) is 4.39 Å². The topological polar surface area (TPSA) is 92.8 Å². The number of halogens is 1. The van der Waals surface area contributed by atoms with Gasteiger partial charge in [-0.05, 0) is 24.6 Å². The second kappa shape index (κ2) is 9.43. The standard InChI is InChI=1S/C19H21FN2O5S/c1-14(21-28(25,26)17-11-7-6-10-16(17)20)19(24)27-13-18(23)22(2)12-15-8-4-3-5-9-15/h3-11,14,21H,12-13H2,1-2H3/t14-/m0/s1. The second-order valence-electron chi connectivity index (χ2n) is 6.12. The summed E-state index contributed by atoms with van der Waals surface area (Å²) in [6.07, 6.45) is 0. The van der Waals surface area contributed by atoms with Crippen LogP contribution in [0.3, 0.4) is 0 Å². The lowest BCUT2D eigenvalue weighted by molar-refractivity contribution is -0.152. The summed E-state index contributed by atoms with van der Waals surface area (Å²) in [6.45, 7) is 1.06. The molecule has 2 aromatic rings. The molecule has 0 saturated heterocycles. The summed E-state index contributed by atoms with van der Waals surface area (Å²) in [6, 6.07) is 12.8. The summed E-state index contributed by atoms with van der Waals surface area (Å²) in [5.41, 5.74) is 0.913. The van der Waals surface area contributed by atoms with E-state index in [1.807, 2.05) is 35.1 Å². The Morgan fingerprint density at radius 1 is 1.11 bits per heavy atom. The zero-order valence-electron chi connectivity index (χ0n) is 15.5. The highest BCUT2D eigenvalue weighted by atomic mass is 32.2. The largest absolute Gasteiger partial charge is 0.454 e. The second-order valence-corrected chi connectivity index (χ2v) is 7.80. The average molecular weight is 408 g/mol.